The Morgan fingerprint density at radius 1 is 1.07 bits per heavy atom. The van der Waals surface area contributed by atoms with E-state index in [0.29, 0.717) is 0 Å². The topological polar surface area (TPSA) is 44.8 Å². The van der Waals surface area contributed by atoms with E-state index in [1.807, 2.05) is 29.2 Å². The van der Waals surface area contributed by atoms with Gasteiger partial charge in [0.1, 0.15) is 6.17 Å². The number of thioether (sulfide) groups is 1. The van der Waals surface area contributed by atoms with Gasteiger partial charge in [0.15, 0.2) is 0 Å². The van der Waals surface area contributed by atoms with Crippen LogP contribution in [0.25, 0.3) is 0 Å². The summed E-state index contributed by atoms with van der Waals surface area (Å²) in [6, 6.07) is 16.3. The first-order valence-corrected chi connectivity index (χ1v) is 11.1. The molecule has 2 aliphatic rings. The molecule has 4 rings (SSSR count). The highest BCUT2D eigenvalue weighted by atomic mass is 32.2. The van der Waals surface area contributed by atoms with Gasteiger partial charge in [-0.25, -0.2) is 0 Å². The number of ether oxygens (including phenoxy) is 1. The van der Waals surface area contributed by atoms with E-state index in [0.717, 1.165) is 62.6 Å². The maximum Gasteiger partial charge on any atom is 0.257 e. The van der Waals surface area contributed by atoms with Crippen LogP contribution in [0.3, 0.4) is 0 Å². The molecule has 1 amide bonds. The van der Waals surface area contributed by atoms with Gasteiger partial charge >= 0.3 is 0 Å². The summed E-state index contributed by atoms with van der Waals surface area (Å²) in [7, 11) is 0. The number of hydrogen-bond donors (Lipinski definition) is 1. The van der Waals surface area contributed by atoms with Crippen molar-refractivity contribution in [3.05, 3.63) is 59.7 Å². The van der Waals surface area contributed by atoms with Crippen molar-refractivity contribution in [2.24, 2.45) is 0 Å². The van der Waals surface area contributed by atoms with Gasteiger partial charge < -0.3 is 15.0 Å². The van der Waals surface area contributed by atoms with E-state index in [2.05, 4.69) is 40.7 Å². The summed E-state index contributed by atoms with van der Waals surface area (Å²) in [6.07, 6.45) is 2.89. The molecule has 0 saturated carbocycles. The molecule has 2 aromatic rings. The van der Waals surface area contributed by atoms with E-state index in [1.165, 1.54) is 4.90 Å². The molecule has 1 saturated heterocycles. The predicted molar refractivity (Wildman–Crippen MR) is 114 cm³/mol. The zero-order valence-corrected chi connectivity index (χ0v) is 17.1. The molecule has 148 valence electrons. The van der Waals surface area contributed by atoms with Crippen LogP contribution in [0.4, 0.5) is 5.69 Å². The number of nitrogens with one attached hydrogen (secondary N) is 1. The zero-order valence-electron chi connectivity index (χ0n) is 16.3. The standard InChI is InChI=1S/C22H27N3O2S/c1-28-18-9-7-17(8-10-18)21-23-20-6-3-2-5-19(20)22(26)25(21)12-4-11-24-13-15-27-16-14-24/h2-3,5-10,21,23H,4,11-16H2,1H3. The van der Waals surface area contributed by atoms with Crippen molar-refractivity contribution in [3.63, 3.8) is 0 Å². The number of hydrogen-bond acceptors (Lipinski definition) is 5. The summed E-state index contributed by atoms with van der Waals surface area (Å²) in [5, 5.41) is 3.58. The Hall–Kier alpha value is -2.02. The summed E-state index contributed by atoms with van der Waals surface area (Å²) in [6.45, 7) is 5.30. The SMILES string of the molecule is CSc1ccc(C2Nc3ccccc3C(=O)N2CCCN2CCOCC2)cc1. The summed E-state index contributed by atoms with van der Waals surface area (Å²) >= 11 is 1.73. The quantitative estimate of drug-likeness (QED) is 0.753. The van der Waals surface area contributed by atoms with E-state index in [1.54, 1.807) is 11.8 Å². The molecule has 0 bridgehead atoms. The van der Waals surface area contributed by atoms with Crippen LogP contribution in [-0.4, -0.2) is 61.4 Å². The molecule has 2 heterocycles. The van der Waals surface area contributed by atoms with Crippen molar-refractivity contribution in [1.82, 2.24) is 9.80 Å². The first-order valence-electron chi connectivity index (χ1n) is 9.87. The predicted octanol–water partition coefficient (Wildman–Crippen LogP) is 3.70. The molecule has 6 heteroatoms. The summed E-state index contributed by atoms with van der Waals surface area (Å²) in [5.41, 5.74) is 2.79. The van der Waals surface area contributed by atoms with Crippen molar-refractivity contribution in [1.29, 1.82) is 0 Å². The molecule has 2 aliphatic heterocycles. The number of carbonyl (C=O) groups excluding carboxylic acids is 1. The minimum absolute atomic E-state index is 0.107. The molecular formula is C22H27N3O2S. The van der Waals surface area contributed by atoms with Crippen molar-refractivity contribution >= 4 is 23.4 Å². The van der Waals surface area contributed by atoms with Gasteiger partial charge in [-0.1, -0.05) is 24.3 Å². The summed E-state index contributed by atoms with van der Waals surface area (Å²) in [5.74, 6) is 0.107. The molecular weight excluding hydrogens is 370 g/mol. The molecule has 0 aliphatic carbocycles. The Morgan fingerprint density at radius 3 is 2.57 bits per heavy atom. The highest BCUT2D eigenvalue weighted by Gasteiger charge is 2.32. The lowest BCUT2D eigenvalue weighted by atomic mass is 10.0. The van der Waals surface area contributed by atoms with Gasteiger partial charge in [-0.05, 0) is 42.5 Å². The lowest BCUT2D eigenvalue weighted by Crippen LogP contribution is -2.44. The number of fused-ring (bicyclic) bond motifs is 1. The third-order valence-corrected chi connectivity index (χ3v) is 6.17. The molecule has 1 atom stereocenters. The monoisotopic (exact) mass is 397 g/mol. The number of amides is 1. The molecule has 0 radical (unpaired) electrons. The second-order valence-corrected chi connectivity index (χ2v) is 8.05. The fourth-order valence-electron chi connectivity index (χ4n) is 3.86. The van der Waals surface area contributed by atoms with Crippen LogP contribution >= 0.6 is 11.8 Å². The fourth-order valence-corrected chi connectivity index (χ4v) is 4.27. The average molecular weight is 398 g/mol. The molecule has 2 aromatic carbocycles. The smallest absolute Gasteiger partial charge is 0.257 e. The molecule has 1 unspecified atom stereocenters. The van der Waals surface area contributed by atoms with Crippen LogP contribution in [0.5, 0.6) is 0 Å². The zero-order chi connectivity index (χ0) is 19.3. The fraction of sp³-hybridized carbons (Fsp3) is 0.409. The average Bonchev–Trinajstić information content (AvgIpc) is 2.76. The number of morpholine rings is 1. The van der Waals surface area contributed by atoms with Crippen molar-refractivity contribution in [2.75, 3.05) is 51.0 Å². The van der Waals surface area contributed by atoms with Crippen LogP contribution in [0.15, 0.2) is 53.4 Å². The van der Waals surface area contributed by atoms with Crippen LogP contribution in [0.2, 0.25) is 0 Å². The van der Waals surface area contributed by atoms with E-state index in [-0.39, 0.29) is 12.1 Å². The van der Waals surface area contributed by atoms with Gasteiger partial charge in [0.05, 0.1) is 18.8 Å². The maximum atomic E-state index is 13.3. The third-order valence-electron chi connectivity index (χ3n) is 5.43. The Kier molecular flexibility index (Phi) is 6.20. The Balaban J connectivity index is 1.53. The number of carbonyl (C=O) groups is 1. The van der Waals surface area contributed by atoms with Crippen LogP contribution < -0.4 is 5.32 Å². The first kappa shape index (κ1) is 19.3. The normalized spacial score (nSPS) is 20.0. The van der Waals surface area contributed by atoms with Gasteiger partial charge in [0.25, 0.3) is 5.91 Å². The van der Waals surface area contributed by atoms with E-state index in [4.69, 9.17) is 4.74 Å². The van der Waals surface area contributed by atoms with Gasteiger partial charge in [-0.3, -0.25) is 9.69 Å². The number of nitrogens with zero attached hydrogens (tertiary/aromatic N) is 2. The second-order valence-electron chi connectivity index (χ2n) is 7.17. The van der Waals surface area contributed by atoms with Crippen LogP contribution in [0.1, 0.15) is 28.5 Å². The lowest BCUT2D eigenvalue weighted by molar-refractivity contribution is 0.0348. The van der Waals surface area contributed by atoms with E-state index in [9.17, 15) is 4.79 Å². The van der Waals surface area contributed by atoms with Crippen LogP contribution in [-0.2, 0) is 4.74 Å². The highest BCUT2D eigenvalue weighted by Crippen LogP contribution is 2.33. The largest absolute Gasteiger partial charge is 0.379 e. The molecule has 1 N–H and O–H groups in total. The molecule has 0 aromatic heterocycles. The van der Waals surface area contributed by atoms with Gasteiger partial charge in [0.2, 0.25) is 0 Å². The van der Waals surface area contributed by atoms with E-state index >= 15 is 0 Å². The van der Waals surface area contributed by atoms with Gasteiger partial charge in [-0.15, -0.1) is 11.8 Å². The Bertz CT molecular complexity index is 806. The highest BCUT2D eigenvalue weighted by molar-refractivity contribution is 7.98. The number of benzene rings is 2. The second kappa shape index (κ2) is 8.99. The van der Waals surface area contributed by atoms with Crippen molar-refractivity contribution < 1.29 is 9.53 Å². The van der Waals surface area contributed by atoms with Crippen molar-refractivity contribution in [2.45, 2.75) is 17.5 Å². The first-order chi connectivity index (χ1) is 13.8. The van der Waals surface area contributed by atoms with Gasteiger partial charge in [0, 0.05) is 36.8 Å². The molecule has 1 fully saturated rings. The maximum absolute atomic E-state index is 13.3. The molecule has 0 spiro atoms. The molecule has 28 heavy (non-hydrogen) atoms. The number of anilines is 1. The summed E-state index contributed by atoms with van der Waals surface area (Å²) in [4.78, 5) is 18.9. The van der Waals surface area contributed by atoms with Crippen molar-refractivity contribution in [3.8, 4) is 0 Å². The van der Waals surface area contributed by atoms with Gasteiger partial charge in [-0.2, -0.15) is 0 Å². The Morgan fingerprint density at radius 2 is 1.82 bits per heavy atom. The lowest BCUT2D eigenvalue weighted by Gasteiger charge is -2.38. The minimum Gasteiger partial charge on any atom is -0.379 e. The number of rotatable bonds is 6. The Labute approximate surface area is 171 Å². The summed E-state index contributed by atoms with van der Waals surface area (Å²) < 4.78 is 5.43. The number of para-hydroxylation sites is 1. The molecule has 5 nitrogen and oxygen atoms in total. The minimum atomic E-state index is -0.136. The van der Waals surface area contributed by atoms with E-state index < -0.39 is 0 Å². The van der Waals surface area contributed by atoms with Crippen LogP contribution in [0, 0.1) is 0 Å². The third kappa shape index (κ3) is 4.19.